The Hall–Kier alpha value is -2.01. The van der Waals surface area contributed by atoms with Crippen LogP contribution in [0.3, 0.4) is 0 Å². The van der Waals surface area contributed by atoms with Gasteiger partial charge >= 0.3 is 0 Å². The zero-order valence-electron chi connectivity index (χ0n) is 13.2. The number of amides is 1. The highest BCUT2D eigenvalue weighted by molar-refractivity contribution is 9.11. The summed E-state index contributed by atoms with van der Waals surface area (Å²) in [7, 11) is 0. The number of nitrogens with zero attached hydrogens (tertiary/aromatic N) is 3. The van der Waals surface area contributed by atoms with E-state index in [1.54, 1.807) is 0 Å². The SMILES string of the molecule is CC(C)CC(=O)N=C1N=C2C=CC(Br)=CN2Cc2ccccc21. The van der Waals surface area contributed by atoms with E-state index >= 15 is 0 Å². The minimum atomic E-state index is -0.126. The van der Waals surface area contributed by atoms with E-state index in [1.807, 2.05) is 50.4 Å². The lowest BCUT2D eigenvalue weighted by atomic mass is 10.1. The van der Waals surface area contributed by atoms with Crippen molar-refractivity contribution in [2.75, 3.05) is 0 Å². The molecule has 1 aromatic carbocycles. The maximum atomic E-state index is 12.1. The smallest absolute Gasteiger partial charge is 0.247 e. The molecule has 0 N–H and O–H groups in total. The van der Waals surface area contributed by atoms with E-state index in [0.29, 0.717) is 18.8 Å². The number of fused-ring (bicyclic) bond motifs is 2. The molecule has 0 spiro atoms. The van der Waals surface area contributed by atoms with Crippen LogP contribution < -0.4 is 0 Å². The summed E-state index contributed by atoms with van der Waals surface area (Å²) >= 11 is 3.49. The lowest BCUT2D eigenvalue weighted by molar-refractivity contribution is -0.118. The van der Waals surface area contributed by atoms with Gasteiger partial charge in [-0.3, -0.25) is 4.79 Å². The summed E-state index contributed by atoms with van der Waals surface area (Å²) in [6.07, 6.45) is 6.30. The molecule has 4 nitrogen and oxygen atoms in total. The van der Waals surface area contributed by atoms with Crippen LogP contribution in [0.2, 0.25) is 0 Å². The molecule has 0 unspecified atom stereocenters. The van der Waals surface area contributed by atoms with Crippen molar-refractivity contribution in [1.29, 1.82) is 0 Å². The Morgan fingerprint density at radius 3 is 2.91 bits per heavy atom. The molecule has 3 rings (SSSR count). The van der Waals surface area contributed by atoms with E-state index in [-0.39, 0.29) is 11.8 Å². The summed E-state index contributed by atoms with van der Waals surface area (Å²) in [6.45, 7) is 4.73. The fourth-order valence-corrected chi connectivity index (χ4v) is 2.94. The molecule has 1 amide bonds. The fourth-order valence-electron chi connectivity index (χ4n) is 2.56. The number of benzene rings is 1. The molecule has 1 aromatic rings. The Morgan fingerprint density at radius 2 is 2.13 bits per heavy atom. The molecule has 0 aromatic heterocycles. The molecule has 2 aliphatic heterocycles. The minimum Gasteiger partial charge on any atom is -0.327 e. The average Bonchev–Trinajstić information content (AvgIpc) is 2.63. The largest absolute Gasteiger partial charge is 0.327 e. The maximum absolute atomic E-state index is 12.1. The number of amidine groups is 2. The lowest BCUT2D eigenvalue weighted by Gasteiger charge is -2.21. The van der Waals surface area contributed by atoms with E-state index in [2.05, 4.69) is 36.9 Å². The summed E-state index contributed by atoms with van der Waals surface area (Å²) in [5.41, 5.74) is 2.03. The van der Waals surface area contributed by atoms with Gasteiger partial charge < -0.3 is 4.90 Å². The van der Waals surface area contributed by atoms with Gasteiger partial charge in [0, 0.05) is 29.2 Å². The van der Waals surface area contributed by atoms with Crippen LogP contribution in [0.5, 0.6) is 0 Å². The predicted octanol–water partition coefficient (Wildman–Crippen LogP) is 4.03. The van der Waals surface area contributed by atoms with Crippen molar-refractivity contribution in [2.24, 2.45) is 15.9 Å². The van der Waals surface area contributed by atoms with Gasteiger partial charge in [-0.15, -0.1) is 0 Å². The molecule has 0 atom stereocenters. The quantitative estimate of drug-likeness (QED) is 0.787. The third-order valence-corrected chi connectivity index (χ3v) is 4.07. The first kappa shape index (κ1) is 15.9. The molecule has 2 heterocycles. The molecule has 0 bridgehead atoms. The zero-order valence-corrected chi connectivity index (χ0v) is 14.7. The van der Waals surface area contributed by atoms with Crippen LogP contribution in [0, 0.1) is 5.92 Å². The summed E-state index contributed by atoms with van der Waals surface area (Å²) in [4.78, 5) is 23.1. The van der Waals surface area contributed by atoms with Gasteiger partial charge in [-0.1, -0.05) is 38.1 Å². The van der Waals surface area contributed by atoms with Crippen LogP contribution in [-0.4, -0.2) is 22.5 Å². The minimum absolute atomic E-state index is 0.126. The van der Waals surface area contributed by atoms with Crippen molar-refractivity contribution in [2.45, 2.75) is 26.8 Å². The van der Waals surface area contributed by atoms with Crippen LogP contribution in [0.25, 0.3) is 0 Å². The molecular formula is C18H18BrN3O. The third-order valence-electron chi connectivity index (χ3n) is 3.60. The van der Waals surface area contributed by atoms with Crippen LogP contribution in [0.4, 0.5) is 0 Å². The van der Waals surface area contributed by atoms with Crippen molar-refractivity contribution in [3.8, 4) is 0 Å². The van der Waals surface area contributed by atoms with Crippen LogP contribution in [0.1, 0.15) is 31.4 Å². The Balaban J connectivity index is 2.06. The van der Waals surface area contributed by atoms with Gasteiger partial charge in [-0.2, -0.15) is 4.99 Å². The van der Waals surface area contributed by atoms with Gasteiger partial charge in [0.15, 0.2) is 5.84 Å². The first-order valence-corrected chi connectivity index (χ1v) is 8.43. The Kier molecular flexibility index (Phi) is 4.57. The normalized spacial score (nSPS) is 18.3. The number of hydrogen-bond acceptors (Lipinski definition) is 2. The predicted molar refractivity (Wildman–Crippen MR) is 96.6 cm³/mol. The van der Waals surface area contributed by atoms with E-state index in [1.165, 1.54) is 0 Å². The van der Waals surface area contributed by atoms with Crippen molar-refractivity contribution in [1.82, 2.24) is 4.90 Å². The molecule has 2 aliphatic rings. The lowest BCUT2D eigenvalue weighted by Crippen LogP contribution is -2.24. The Morgan fingerprint density at radius 1 is 1.35 bits per heavy atom. The molecule has 23 heavy (non-hydrogen) atoms. The Labute approximate surface area is 144 Å². The third kappa shape index (κ3) is 3.67. The highest BCUT2D eigenvalue weighted by Crippen LogP contribution is 2.23. The van der Waals surface area contributed by atoms with Crippen molar-refractivity contribution in [3.63, 3.8) is 0 Å². The molecule has 0 aliphatic carbocycles. The number of allylic oxidation sites excluding steroid dienone is 2. The van der Waals surface area contributed by atoms with Crippen molar-refractivity contribution in [3.05, 3.63) is 58.2 Å². The van der Waals surface area contributed by atoms with Gasteiger partial charge in [-0.25, -0.2) is 4.99 Å². The van der Waals surface area contributed by atoms with Gasteiger partial charge in [0.2, 0.25) is 5.91 Å². The Bertz CT molecular complexity index is 759. The first-order valence-electron chi connectivity index (χ1n) is 7.63. The second-order valence-electron chi connectivity index (χ2n) is 6.03. The second kappa shape index (κ2) is 6.62. The summed E-state index contributed by atoms with van der Waals surface area (Å²) in [5, 5.41) is 0. The van der Waals surface area contributed by atoms with Gasteiger partial charge in [-0.05, 0) is 39.6 Å². The molecule has 0 saturated carbocycles. The average molecular weight is 372 g/mol. The first-order chi connectivity index (χ1) is 11.0. The number of carbonyl (C=O) groups excluding carboxylic acids is 1. The maximum Gasteiger partial charge on any atom is 0.247 e. The zero-order chi connectivity index (χ0) is 16.4. The number of hydrogen-bond donors (Lipinski definition) is 0. The van der Waals surface area contributed by atoms with E-state index in [9.17, 15) is 4.79 Å². The number of carbonyl (C=O) groups is 1. The highest BCUT2D eigenvalue weighted by atomic mass is 79.9. The summed E-state index contributed by atoms with van der Waals surface area (Å²) in [5.74, 6) is 1.45. The van der Waals surface area contributed by atoms with Gasteiger partial charge in [0.25, 0.3) is 0 Å². The highest BCUT2D eigenvalue weighted by Gasteiger charge is 2.21. The van der Waals surface area contributed by atoms with Crippen molar-refractivity contribution >= 4 is 33.5 Å². The van der Waals surface area contributed by atoms with Gasteiger partial charge in [0.05, 0.1) is 0 Å². The standard InChI is InChI=1S/C18H18BrN3O/c1-12(2)9-17(23)21-18-15-6-4-3-5-13(15)10-22-11-14(19)7-8-16(22)20-18/h3-8,11-12H,9-10H2,1-2H3. The molecule has 0 radical (unpaired) electrons. The van der Waals surface area contributed by atoms with Crippen LogP contribution in [-0.2, 0) is 11.3 Å². The molecule has 0 saturated heterocycles. The van der Waals surface area contributed by atoms with Crippen LogP contribution >= 0.6 is 15.9 Å². The number of halogens is 1. The molecule has 5 heteroatoms. The van der Waals surface area contributed by atoms with Gasteiger partial charge in [0.1, 0.15) is 5.84 Å². The van der Waals surface area contributed by atoms with Crippen molar-refractivity contribution < 1.29 is 4.79 Å². The number of rotatable bonds is 2. The van der Waals surface area contributed by atoms with E-state index in [4.69, 9.17) is 0 Å². The number of aliphatic imine (C=N–C) groups is 2. The van der Waals surface area contributed by atoms with E-state index < -0.39 is 0 Å². The molecular weight excluding hydrogens is 354 g/mol. The van der Waals surface area contributed by atoms with Crippen LogP contribution in [0.15, 0.2) is 57.1 Å². The fraction of sp³-hybridized carbons (Fsp3) is 0.278. The van der Waals surface area contributed by atoms with E-state index in [0.717, 1.165) is 21.4 Å². The molecule has 118 valence electrons. The topological polar surface area (TPSA) is 45.0 Å². The monoisotopic (exact) mass is 371 g/mol. The summed E-state index contributed by atoms with van der Waals surface area (Å²) < 4.78 is 0.991. The molecule has 0 fully saturated rings. The summed E-state index contributed by atoms with van der Waals surface area (Å²) in [6, 6.07) is 7.97. The second-order valence-corrected chi connectivity index (χ2v) is 6.95.